The van der Waals surface area contributed by atoms with E-state index < -0.39 is 0 Å². The van der Waals surface area contributed by atoms with Crippen molar-refractivity contribution in [2.75, 3.05) is 20.2 Å². The predicted octanol–water partition coefficient (Wildman–Crippen LogP) is 1.41. The molecule has 2 heterocycles. The molecule has 20 heavy (non-hydrogen) atoms. The largest absolute Gasteiger partial charge is 0.376 e. The standard InChI is InChI=1S/C14H22N4O2/c1-10-7-11(2)17-13(16-10)8-15-14(19)18(3)9-12-5-4-6-20-12/h7,12H,4-6,8-9H2,1-3H3,(H,15,19)/t12-/m0/s1. The first-order chi connectivity index (χ1) is 9.54. The number of ether oxygens (including phenoxy) is 1. The van der Waals surface area contributed by atoms with Crippen LogP contribution in [0, 0.1) is 13.8 Å². The van der Waals surface area contributed by atoms with Crippen LogP contribution in [0.4, 0.5) is 4.79 Å². The van der Waals surface area contributed by atoms with Gasteiger partial charge < -0.3 is 15.0 Å². The second-order valence-electron chi connectivity index (χ2n) is 5.24. The van der Waals surface area contributed by atoms with Crippen molar-refractivity contribution in [3.63, 3.8) is 0 Å². The van der Waals surface area contributed by atoms with E-state index in [1.165, 1.54) is 0 Å². The minimum Gasteiger partial charge on any atom is -0.376 e. The molecule has 0 unspecified atom stereocenters. The van der Waals surface area contributed by atoms with Crippen LogP contribution >= 0.6 is 0 Å². The van der Waals surface area contributed by atoms with E-state index in [2.05, 4.69) is 15.3 Å². The van der Waals surface area contributed by atoms with Gasteiger partial charge in [-0.05, 0) is 32.8 Å². The molecule has 2 amide bonds. The molecule has 0 saturated carbocycles. The average Bonchev–Trinajstić information content (AvgIpc) is 2.87. The molecule has 110 valence electrons. The lowest BCUT2D eigenvalue weighted by atomic mass is 10.2. The Balaban J connectivity index is 1.81. The highest BCUT2D eigenvalue weighted by Crippen LogP contribution is 2.12. The Bertz CT molecular complexity index is 452. The number of hydrogen-bond donors (Lipinski definition) is 1. The highest BCUT2D eigenvalue weighted by atomic mass is 16.5. The first-order valence-corrected chi connectivity index (χ1v) is 6.96. The van der Waals surface area contributed by atoms with Crippen LogP contribution in [0.2, 0.25) is 0 Å². The fourth-order valence-electron chi connectivity index (χ4n) is 2.34. The molecule has 2 rings (SSSR count). The van der Waals surface area contributed by atoms with Crippen LogP contribution in [0.3, 0.4) is 0 Å². The molecule has 1 saturated heterocycles. The van der Waals surface area contributed by atoms with Crippen LogP contribution in [-0.2, 0) is 11.3 Å². The summed E-state index contributed by atoms with van der Waals surface area (Å²) in [6.07, 6.45) is 2.28. The third kappa shape index (κ3) is 4.16. The van der Waals surface area contributed by atoms with Crippen molar-refractivity contribution in [2.45, 2.75) is 39.3 Å². The van der Waals surface area contributed by atoms with E-state index >= 15 is 0 Å². The second-order valence-corrected chi connectivity index (χ2v) is 5.24. The molecule has 1 aliphatic rings. The van der Waals surface area contributed by atoms with Crippen LogP contribution < -0.4 is 5.32 Å². The summed E-state index contributed by atoms with van der Waals surface area (Å²) in [6, 6.07) is 1.79. The summed E-state index contributed by atoms with van der Waals surface area (Å²) in [4.78, 5) is 22.2. The second kappa shape index (κ2) is 6.65. The smallest absolute Gasteiger partial charge is 0.317 e. The van der Waals surface area contributed by atoms with Gasteiger partial charge in [-0.1, -0.05) is 0 Å². The zero-order valence-corrected chi connectivity index (χ0v) is 12.3. The number of hydrogen-bond acceptors (Lipinski definition) is 4. The minimum absolute atomic E-state index is 0.122. The molecule has 1 N–H and O–H groups in total. The highest BCUT2D eigenvalue weighted by molar-refractivity contribution is 5.73. The SMILES string of the molecule is Cc1cc(C)nc(CNC(=O)N(C)C[C@@H]2CCCO2)n1. The van der Waals surface area contributed by atoms with Crippen molar-refractivity contribution < 1.29 is 9.53 Å². The van der Waals surface area contributed by atoms with E-state index in [-0.39, 0.29) is 12.1 Å². The molecule has 1 fully saturated rings. The topological polar surface area (TPSA) is 67.4 Å². The first kappa shape index (κ1) is 14.7. The number of nitrogens with zero attached hydrogens (tertiary/aromatic N) is 3. The number of carbonyl (C=O) groups is 1. The van der Waals surface area contributed by atoms with Gasteiger partial charge in [0.25, 0.3) is 0 Å². The molecular weight excluding hydrogens is 256 g/mol. The van der Waals surface area contributed by atoms with Gasteiger partial charge in [0.15, 0.2) is 0 Å². The number of urea groups is 1. The minimum atomic E-state index is -0.122. The zero-order valence-electron chi connectivity index (χ0n) is 12.3. The molecule has 0 spiro atoms. The number of aromatic nitrogens is 2. The van der Waals surface area contributed by atoms with E-state index in [0.717, 1.165) is 30.8 Å². The van der Waals surface area contributed by atoms with Gasteiger partial charge in [-0.25, -0.2) is 14.8 Å². The molecular formula is C14H22N4O2. The van der Waals surface area contributed by atoms with E-state index in [9.17, 15) is 4.79 Å². The molecule has 6 nitrogen and oxygen atoms in total. The lowest BCUT2D eigenvalue weighted by Crippen LogP contribution is -2.41. The Labute approximate surface area is 119 Å². The Kier molecular flexibility index (Phi) is 4.89. The molecule has 1 aromatic heterocycles. The molecule has 0 aliphatic carbocycles. The number of likely N-dealkylation sites (N-methyl/N-ethyl adjacent to an activating group) is 1. The highest BCUT2D eigenvalue weighted by Gasteiger charge is 2.19. The summed E-state index contributed by atoms with van der Waals surface area (Å²) in [5.41, 5.74) is 1.82. The van der Waals surface area contributed by atoms with Crippen molar-refractivity contribution in [1.29, 1.82) is 0 Å². The van der Waals surface area contributed by atoms with Gasteiger partial charge in [0.1, 0.15) is 5.82 Å². The van der Waals surface area contributed by atoms with Gasteiger partial charge in [0.2, 0.25) is 0 Å². The molecule has 1 atom stereocenters. The van der Waals surface area contributed by atoms with Crippen molar-refractivity contribution in [3.05, 3.63) is 23.3 Å². The molecule has 0 bridgehead atoms. The van der Waals surface area contributed by atoms with Crippen LogP contribution in [0.25, 0.3) is 0 Å². The van der Waals surface area contributed by atoms with Crippen molar-refractivity contribution in [2.24, 2.45) is 0 Å². The van der Waals surface area contributed by atoms with Crippen LogP contribution in [0.15, 0.2) is 6.07 Å². The first-order valence-electron chi connectivity index (χ1n) is 6.96. The maximum atomic E-state index is 12.0. The van der Waals surface area contributed by atoms with Gasteiger partial charge in [0, 0.05) is 31.6 Å². The van der Waals surface area contributed by atoms with E-state index in [1.54, 1.807) is 11.9 Å². The quantitative estimate of drug-likeness (QED) is 0.904. The number of nitrogens with one attached hydrogen (secondary N) is 1. The Morgan fingerprint density at radius 1 is 1.45 bits per heavy atom. The summed E-state index contributed by atoms with van der Waals surface area (Å²) in [5, 5.41) is 2.83. The van der Waals surface area contributed by atoms with Gasteiger partial charge in [-0.2, -0.15) is 0 Å². The number of rotatable bonds is 4. The molecule has 0 radical (unpaired) electrons. The van der Waals surface area contributed by atoms with Crippen molar-refractivity contribution >= 4 is 6.03 Å². The average molecular weight is 278 g/mol. The Hall–Kier alpha value is -1.69. The van der Waals surface area contributed by atoms with Gasteiger partial charge in [-0.15, -0.1) is 0 Å². The maximum absolute atomic E-state index is 12.0. The molecule has 1 aromatic rings. The summed E-state index contributed by atoms with van der Waals surface area (Å²) < 4.78 is 5.52. The third-order valence-corrected chi connectivity index (χ3v) is 3.27. The van der Waals surface area contributed by atoms with Gasteiger partial charge in [-0.3, -0.25) is 0 Å². The molecule has 0 aromatic carbocycles. The fourth-order valence-corrected chi connectivity index (χ4v) is 2.34. The monoisotopic (exact) mass is 278 g/mol. The zero-order chi connectivity index (χ0) is 14.5. The number of amides is 2. The molecule has 1 aliphatic heterocycles. The molecule has 6 heteroatoms. The number of carbonyl (C=O) groups excluding carboxylic acids is 1. The summed E-state index contributed by atoms with van der Waals surface area (Å²) >= 11 is 0. The maximum Gasteiger partial charge on any atom is 0.317 e. The van der Waals surface area contributed by atoms with Crippen molar-refractivity contribution in [1.82, 2.24) is 20.2 Å². The van der Waals surface area contributed by atoms with E-state index in [0.29, 0.717) is 18.9 Å². The van der Waals surface area contributed by atoms with Crippen LogP contribution in [0.5, 0.6) is 0 Å². The summed E-state index contributed by atoms with van der Waals surface area (Å²) in [7, 11) is 1.78. The lowest BCUT2D eigenvalue weighted by molar-refractivity contribution is 0.0874. The van der Waals surface area contributed by atoms with Gasteiger partial charge in [0.05, 0.1) is 12.6 Å². The Morgan fingerprint density at radius 3 is 2.75 bits per heavy atom. The van der Waals surface area contributed by atoms with E-state index in [4.69, 9.17) is 4.74 Å². The normalized spacial score (nSPS) is 18.1. The van der Waals surface area contributed by atoms with Gasteiger partial charge >= 0.3 is 6.03 Å². The van der Waals surface area contributed by atoms with E-state index in [1.807, 2.05) is 19.9 Å². The van der Waals surface area contributed by atoms with Crippen LogP contribution in [0.1, 0.15) is 30.1 Å². The fraction of sp³-hybridized carbons (Fsp3) is 0.643. The Morgan fingerprint density at radius 2 is 2.15 bits per heavy atom. The predicted molar refractivity (Wildman–Crippen MR) is 75.3 cm³/mol. The van der Waals surface area contributed by atoms with Crippen LogP contribution in [-0.4, -0.2) is 47.2 Å². The third-order valence-electron chi connectivity index (χ3n) is 3.27. The lowest BCUT2D eigenvalue weighted by Gasteiger charge is -2.21. The van der Waals surface area contributed by atoms with Crippen molar-refractivity contribution in [3.8, 4) is 0 Å². The summed E-state index contributed by atoms with van der Waals surface area (Å²) in [6.45, 7) is 5.61. The summed E-state index contributed by atoms with van der Waals surface area (Å²) in [5.74, 6) is 0.640. The number of aryl methyl sites for hydroxylation is 2.